The lowest BCUT2D eigenvalue weighted by Gasteiger charge is -2.21. The molecule has 0 saturated heterocycles. The zero-order chi connectivity index (χ0) is 38.2. The van der Waals surface area contributed by atoms with Gasteiger partial charge >= 0.3 is 0 Å². The highest BCUT2D eigenvalue weighted by Gasteiger charge is 2.25. The second-order valence-corrected chi connectivity index (χ2v) is 12.8. The van der Waals surface area contributed by atoms with Crippen LogP contribution >= 0.6 is 0 Å². The van der Waals surface area contributed by atoms with Crippen molar-refractivity contribution in [2.24, 2.45) is 0 Å². The summed E-state index contributed by atoms with van der Waals surface area (Å²) < 4.78 is 6.35. The van der Waals surface area contributed by atoms with Crippen LogP contribution in [0.2, 0.25) is 0 Å². The van der Waals surface area contributed by atoms with Crippen LogP contribution in [-0.2, 0) is 0 Å². The van der Waals surface area contributed by atoms with Crippen LogP contribution in [-0.4, -0.2) is 101 Å². The predicted octanol–water partition coefficient (Wildman–Crippen LogP) is -3.16. The molecule has 0 aliphatic carbocycles. The van der Waals surface area contributed by atoms with E-state index in [4.69, 9.17) is 101 Å². The molecule has 0 N–H and O–H groups in total. The molecule has 0 bridgehead atoms. The fourth-order valence-corrected chi connectivity index (χ4v) is 6.80. The summed E-state index contributed by atoms with van der Waals surface area (Å²) >= 11 is 0. The molecule has 6 aromatic carbocycles. The van der Waals surface area contributed by atoms with Gasteiger partial charge < -0.3 is 4.42 Å². The third-order valence-corrected chi connectivity index (χ3v) is 9.69. The van der Waals surface area contributed by atoms with Crippen LogP contribution in [0.15, 0.2) is 89.3 Å². The third kappa shape index (κ3) is 5.58. The van der Waals surface area contributed by atoms with Gasteiger partial charge in [-0.2, -0.15) is 0 Å². The van der Waals surface area contributed by atoms with Gasteiger partial charge in [0.2, 0.25) is 0 Å². The SMILES string of the molecule is [B]c1c([B])c([B])c(-c2nc(-c3ccccc3)nc(-c3c([B])c([B])c4c(oc5c([B])c([B])c(-c6ccc(-c7ccccc7)cc6)c([B])c54)c3[B])n2)c([B])c1[B]. The lowest BCUT2D eigenvalue weighted by atomic mass is 9.60. The summed E-state index contributed by atoms with van der Waals surface area (Å²) in [6, 6.07) is 26.9. The van der Waals surface area contributed by atoms with Gasteiger partial charge in [0.1, 0.15) is 97.5 Å². The molecular formula is C39H14B11N3O. The van der Waals surface area contributed by atoms with Gasteiger partial charge in [-0.15, -0.1) is 16.4 Å². The van der Waals surface area contributed by atoms with Crippen molar-refractivity contribution in [1.82, 2.24) is 15.0 Å². The Kier molecular flexibility index (Phi) is 9.03. The number of benzene rings is 6. The largest absolute Gasteiger partial charge is 0.457 e. The minimum Gasteiger partial charge on any atom is -0.457 e. The topological polar surface area (TPSA) is 51.8 Å². The van der Waals surface area contributed by atoms with Gasteiger partial charge in [0.25, 0.3) is 0 Å². The first-order valence-electron chi connectivity index (χ1n) is 16.6. The predicted molar refractivity (Wildman–Crippen MR) is 234 cm³/mol. The highest BCUT2D eigenvalue weighted by Crippen LogP contribution is 2.30. The summed E-state index contributed by atoms with van der Waals surface area (Å²) in [5.74, 6) is 0.281. The molecule has 8 aromatic rings. The molecule has 15 heteroatoms. The number of fused-ring (bicyclic) bond motifs is 3. The first-order chi connectivity index (χ1) is 25.9. The maximum absolute atomic E-state index is 6.91. The van der Waals surface area contributed by atoms with Crippen molar-refractivity contribution in [2.75, 3.05) is 0 Å². The van der Waals surface area contributed by atoms with E-state index in [0.717, 1.165) is 16.7 Å². The molecule has 2 aromatic heterocycles. The molecule has 0 aliphatic rings. The molecule has 0 spiro atoms. The monoisotopic (exact) mass is 661 g/mol. The van der Waals surface area contributed by atoms with E-state index >= 15 is 0 Å². The van der Waals surface area contributed by atoms with Gasteiger partial charge in [0.15, 0.2) is 17.5 Å². The molecular weight excluding hydrogens is 645 g/mol. The van der Waals surface area contributed by atoms with Crippen LogP contribution in [0.4, 0.5) is 0 Å². The molecule has 0 saturated carbocycles. The van der Waals surface area contributed by atoms with Crippen molar-refractivity contribution in [3.8, 4) is 56.4 Å². The average molecular weight is 659 g/mol. The summed E-state index contributed by atoms with van der Waals surface area (Å²) in [5.41, 5.74) is 5.54. The quantitative estimate of drug-likeness (QED) is 0.183. The van der Waals surface area contributed by atoms with E-state index in [9.17, 15) is 0 Å². The highest BCUT2D eigenvalue weighted by molar-refractivity contribution is 6.69. The van der Waals surface area contributed by atoms with E-state index in [1.165, 1.54) is 0 Å². The molecule has 0 atom stereocenters. The van der Waals surface area contributed by atoms with Crippen molar-refractivity contribution < 1.29 is 4.42 Å². The maximum Gasteiger partial charge on any atom is 0.164 e. The Morgan fingerprint density at radius 1 is 0.296 bits per heavy atom. The Morgan fingerprint density at radius 2 is 0.685 bits per heavy atom. The van der Waals surface area contributed by atoms with Crippen molar-refractivity contribution in [3.05, 3.63) is 84.9 Å². The van der Waals surface area contributed by atoms with Gasteiger partial charge in [-0.05, 0) is 27.7 Å². The van der Waals surface area contributed by atoms with Crippen LogP contribution in [0.3, 0.4) is 0 Å². The van der Waals surface area contributed by atoms with Crippen molar-refractivity contribution in [2.45, 2.75) is 0 Å². The zero-order valence-corrected chi connectivity index (χ0v) is 28.7. The minimum absolute atomic E-state index is 0.0212. The molecule has 22 radical (unpaired) electrons. The maximum atomic E-state index is 6.91. The second-order valence-electron chi connectivity index (χ2n) is 12.8. The standard InChI is InChI=1S/C39H14B11N3O/c40-24-19(17-13-11-16(12-14-17)15-7-3-1-4-8-15)25(41)34(50)36-20(24)21-26(42)27(43)23(30(46)35(21)54-36)39-52-37(18-9-5-2-6-10-18)51-38(53-39)22-28(44)31(47)33(49)32(48)29(22)45/h1-14H. The molecule has 0 aliphatic heterocycles. The fraction of sp³-hybridized carbons (Fsp3) is 0. The molecule has 8 rings (SSSR count). The van der Waals surface area contributed by atoms with Crippen molar-refractivity contribution in [1.29, 1.82) is 0 Å². The van der Waals surface area contributed by atoms with Crippen LogP contribution in [0, 0.1) is 0 Å². The van der Waals surface area contributed by atoms with E-state index in [0.29, 0.717) is 21.9 Å². The van der Waals surface area contributed by atoms with Gasteiger partial charge in [-0.25, -0.2) is 15.0 Å². The smallest absolute Gasteiger partial charge is 0.164 e. The Bertz CT molecular complexity index is 2800. The number of nitrogens with zero attached hydrogens (tertiary/aromatic N) is 3. The number of hydrogen-bond donors (Lipinski definition) is 0. The lowest BCUT2D eigenvalue weighted by Crippen LogP contribution is -2.55. The molecule has 54 heavy (non-hydrogen) atoms. The highest BCUT2D eigenvalue weighted by atomic mass is 16.3. The van der Waals surface area contributed by atoms with Gasteiger partial charge in [0.05, 0.1) is 0 Å². The van der Waals surface area contributed by atoms with Gasteiger partial charge in [-0.1, -0.05) is 123 Å². The number of aromatic nitrogens is 3. The van der Waals surface area contributed by atoms with E-state index in [2.05, 4.69) is 4.98 Å². The summed E-state index contributed by atoms with van der Waals surface area (Å²) in [7, 11) is 72.2. The molecule has 0 amide bonds. The molecule has 224 valence electrons. The molecule has 4 nitrogen and oxygen atoms in total. The summed E-state index contributed by atoms with van der Waals surface area (Å²) in [4.78, 5) is 14.2. The van der Waals surface area contributed by atoms with E-state index in [1.807, 2.05) is 84.9 Å². The number of hydrogen-bond acceptors (Lipinski definition) is 4. The van der Waals surface area contributed by atoms with Crippen LogP contribution in [0.1, 0.15) is 0 Å². The molecule has 0 fully saturated rings. The lowest BCUT2D eigenvalue weighted by molar-refractivity contribution is 0.675. The van der Waals surface area contributed by atoms with Crippen LogP contribution in [0.5, 0.6) is 0 Å². The Labute approximate surface area is 327 Å². The fourth-order valence-electron chi connectivity index (χ4n) is 6.80. The summed E-state index contributed by atoms with van der Waals surface area (Å²) in [5, 5.41) is 0.746. The third-order valence-electron chi connectivity index (χ3n) is 9.69. The van der Waals surface area contributed by atoms with E-state index in [-0.39, 0.29) is 99.9 Å². The first-order valence-corrected chi connectivity index (χ1v) is 16.6. The summed E-state index contributed by atoms with van der Waals surface area (Å²) in [6.45, 7) is 0. The Morgan fingerprint density at radius 3 is 1.26 bits per heavy atom. The second kappa shape index (κ2) is 13.6. The minimum atomic E-state index is 0.0212. The van der Waals surface area contributed by atoms with E-state index in [1.54, 1.807) is 0 Å². The van der Waals surface area contributed by atoms with Crippen LogP contribution in [0.25, 0.3) is 78.4 Å². The van der Waals surface area contributed by atoms with Gasteiger partial charge in [0, 0.05) is 27.5 Å². The van der Waals surface area contributed by atoms with Crippen molar-refractivity contribution >= 4 is 168 Å². The summed E-state index contributed by atoms with van der Waals surface area (Å²) in [6.07, 6.45) is 0. The van der Waals surface area contributed by atoms with Crippen LogP contribution < -0.4 is 60.1 Å². The number of rotatable bonds is 5. The Hall–Kier alpha value is -5.16. The zero-order valence-electron chi connectivity index (χ0n) is 28.7. The average Bonchev–Trinajstić information content (AvgIpc) is 3.61. The first kappa shape index (κ1) is 35.9. The Balaban J connectivity index is 1.37. The van der Waals surface area contributed by atoms with Crippen molar-refractivity contribution in [3.63, 3.8) is 0 Å². The molecule has 0 unspecified atom stereocenters. The van der Waals surface area contributed by atoms with Gasteiger partial charge in [-0.3, -0.25) is 0 Å². The number of furan rings is 1. The van der Waals surface area contributed by atoms with E-state index < -0.39 is 0 Å². The molecule has 2 heterocycles. The normalized spacial score (nSPS) is 11.4.